The average molecular weight is 250 g/mol. The van der Waals surface area contributed by atoms with E-state index >= 15 is 0 Å². The molecule has 0 aliphatic heterocycles. The molecule has 102 valence electrons. The summed E-state index contributed by atoms with van der Waals surface area (Å²) in [6, 6.07) is 0.111. The molecule has 0 aromatic carbocycles. The van der Waals surface area contributed by atoms with E-state index in [1.165, 1.54) is 38.5 Å². The lowest BCUT2D eigenvalue weighted by molar-refractivity contribution is -0.131. The first-order valence-electron chi connectivity index (χ1n) is 7.63. The molecule has 0 spiro atoms. The number of nitrogens with two attached hydrogens (primary N) is 1. The summed E-state index contributed by atoms with van der Waals surface area (Å²) in [7, 11) is 1.97. The summed E-state index contributed by atoms with van der Waals surface area (Å²) in [6.45, 7) is 0.970. The van der Waals surface area contributed by atoms with Crippen molar-refractivity contribution < 1.29 is 4.79 Å². The van der Waals surface area contributed by atoms with Crippen LogP contribution in [0.3, 0.4) is 0 Å². The highest BCUT2D eigenvalue weighted by Gasteiger charge is 2.40. The zero-order valence-electron chi connectivity index (χ0n) is 11.5. The van der Waals surface area contributed by atoms with Crippen LogP contribution < -0.4 is 5.73 Å². The van der Waals surface area contributed by atoms with Gasteiger partial charge in [0.15, 0.2) is 0 Å². The number of fused-ring (bicyclic) bond motifs is 2. The quantitative estimate of drug-likeness (QED) is 0.811. The number of carbonyl (C=O) groups is 1. The predicted octanol–water partition coefficient (Wildman–Crippen LogP) is 2.01. The molecule has 3 nitrogen and oxygen atoms in total. The van der Waals surface area contributed by atoms with E-state index in [4.69, 9.17) is 5.73 Å². The Hall–Kier alpha value is -0.570. The van der Waals surface area contributed by atoms with Gasteiger partial charge in [-0.05, 0) is 55.8 Å². The maximum Gasteiger partial charge on any atom is 0.223 e. The van der Waals surface area contributed by atoms with E-state index in [-0.39, 0.29) is 11.9 Å². The summed E-state index contributed by atoms with van der Waals surface area (Å²) in [6.07, 6.45) is 8.63. The van der Waals surface area contributed by atoms with Gasteiger partial charge >= 0.3 is 0 Å². The van der Waals surface area contributed by atoms with Crippen LogP contribution in [0.1, 0.15) is 44.9 Å². The zero-order valence-corrected chi connectivity index (χ0v) is 11.5. The maximum atomic E-state index is 12.1. The minimum absolute atomic E-state index is 0.111. The van der Waals surface area contributed by atoms with Crippen molar-refractivity contribution in [1.29, 1.82) is 0 Å². The van der Waals surface area contributed by atoms with Crippen LogP contribution in [0.25, 0.3) is 0 Å². The van der Waals surface area contributed by atoms with Crippen LogP contribution in [0, 0.1) is 23.7 Å². The highest BCUT2D eigenvalue weighted by Crippen LogP contribution is 2.48. The van der Waals surface area contributed by atoms with Crippen molar-refractivity contribution in [2.24, 2.45) is 29.4 Å². The highest BCUT2D eigenvalue weighted by molar-refractivity contribution is 5.76. The van der Waals surface area contributed by atoms with E-state index in [0.29, 0.717) is 12.3 Å². The van der Waals surface area contributed by atoms with Crippen LogP contribution in [0.15, 0.2) is 0 Å². The SMILES string of the molecule is CN(CC1CC2CCC1C2)C(=O)CC(N)C1CC1. The van der Waals surface area contributed by atoms with Crippen LogP contribution >= 0.6 is 0 Å². The largest absolute Gasteiger partial charge is 0.345 e. The van der Waals surface area contributed by atoms with Crippen molar-refractivity contribution in [1.82, 2.24) is 4.90 Å². The molecule has 1 amide bonds. The minimum Gasteiger partial charge on any atom is -0.345 e. The van der Waals surface area contributed by atoms with Crippen molar-refractivity contribution in [3.63, 3.8) is 0 Å². The molecule has 3 aliphatic rings. The topological polar surface area (TPSA) is 46.3 Å². The van der Waals surface area contributed by atoms with E-state index < -0.39 is 0 Å². The molecule has 0 saturated heterocycles. The van der Waals surface area contributed by atoms with Crippen molar-refractivity contribution in [2.45, 2.75) is 51.0 Å². The van der Waals surface area contributed by atoms with Crippen LogP contribution in [-0.2, 0) is 4.79 Å². The van der Waals surface area contributed by atoms with Crippen LogP contribution in [0.4, 0.5) is 0 Å². The molecule has 3 rings (SSSR count). The molecular formula is C15H26N2O. The molecular weight excluding hydrogens is 224 g/mol. The monoisotopic (exact) mass is 250 g/mol. The fourth-order valence-electron chi connectivity index (χ4n) is 4.10. The van der Waals surface area contributed by atoms with Gasteiger partial charge in [-0.15, -0.1) is 0 Å². The second-order valence-corrected chi connectivity index (χ2v) is 6.91. The number of carbonyl (C=O) groups excluding carboxylic acids is 1. The van der Waals surface area contributed by atoms with Crippen LogP contribution in [0.2, 0.25) is 0 Å². The normalized spacial score (nSPS) is 35.8. The smallest absolute Gasteiger partial charge is 0.223 e. The Morgan fingerprint density at radius 2 is 2.06 bits per heavy atom. The number of hydrogen-bond acceptors (Lipinski definition) is 2. The summed E-state index contributed by atoms with van der Waals surface area (Å²) in [4.78, 5) is 14.1. The Bertz CT molecular complexity index is 326. The maximum absolute atomic E-state index is 12.1. The van der Waals surface area contributed by atoms with Gasteiger partial charge in [0.2, 0.25) is 5.91 Å². The summed E-state index contributed by atoms with van der Waals surface area (Å²) >= 11 is 0. The highest BCUT2D eigenvalue weighted by atomic mass is 16.2. The summed E-state index contributed by atoms with van der Waals surface area (Å²) in [5.74, 6) is 3.54. The Morgan fingerprint density at radius 3 is 2.61 bits per heavy atom. The number of rotatable bonds is 5. The third kappa shape index (κ3) is 2.56. The molecule has 0 aromatic rings. The van der Waals surface area contributed by atoms with Crippen molar-refractivity contribution in [3.8, 4) is 0 Å². The number of hydrogen-bond donors (Lipinski definition) is 1. The molecule has 4 unspecified atom stereocenters. The van der Waals surface area contributed by atoms with Gasteiger partial charge in [-0.2, -0.15) is 0 Å². The van der Waals surface area contributed by atoms with Gasteiger partial charge in [0.05, 0.1) is 0 Å². The summed E-state index contributed by atoms with van der Waals surface area (Å²) in [5, 5.41) is 0. The Kier molecular flexibility index (Phi) is 3.35. The molecule has 0 heterocycles. The van der Waals surface area contributed by atoms with E-state index in [1.54, 1.807) is 0 Å². The summed E-state index contributed by atoms with van der Waals surface area (Å²) in [5.41, 5.74) is 6.04. The molecule has 3 saturated carbocycles. The van der Waals surface area contributed by atoms with Gasteiger partial charge in [-0.3, -0.25) is 4.79 Å². The van der Waals surface area contributed by atoms with Gasteiger partial charge in [-0.25, -0.2) is 0 Å². The summed E-state index contributed by atoms with van der Waals surface area (Å²) < 4.78 is 0. The molecule has 0 radical (unpaired) electrons. The molecule has 2 bridgehead atoms. The van der Waals surface area contributed by atoms with Crippen LogP contribution in [0.5, 0.6) is 0 Å². The van der Waals surface area contributed by atoms with E-state index in [1.807, 2.05) is 11.9 Å². The second-order valence-electron chi connectivity index (χ2n) is 6.91. The Labute approximate surface area is 110 Å². The van der Waals surface area contributed by atoms with E-state index in [9.17, 15) is 4.79 Å². The molecule has 4 atom stereocenters. The predicted molar refractivity (Wildman–Crippen MR) is 71.9 cm³/mol. The standard InChI is InChI=1S/C15H26N2O/c1-17(15(18)8-14(16)11-4-5-11)9-13-7-10-2-3-12(13)6-10/h10-14H,2-9,16H2,1H3. The third-order valence-corrected chi connectivity index (χ3v) is 5.46. The lowest BCUT2D eigenvalue weighted by atomic mass is 9.88. The molecule has 3 heteroatoms. The first-order valence-corrected chi connectivity index (χ1v) is 7.63. The zero-order chi connectivity index (χ0) is 12.7. The lowest BCUT2D eigenvalue weighted by Crippen LogP contribution is -2.37. The average Bonchev–Trinajstić information content (AvgIpc) is 3.00. The van der Waals surface area contributed by atoms with Crippen LogP contribution in [-0.4, -0.2) is 30.4 Å². The van der Waals surface area contributed by atoms with Gasteiger partial charge in [-0.1, -0.05) is 6.42 Å². The Balaban J connectivity index is 1.45. The molecule has 2 N–H and O–H groups in total. The van der Waals surface area contributed by atoms with Crippen molar-refractivity contribution >= 4 is 5.91 Å². The van der Waals surface area contributed by atoms with Crippen molar-refractivity contribution in [3.05, 3.63) is 0 Å². The van der Waals surface area contributed by atoms with Crippen molar-refractivity contribution in [2.75, 3.05) is 13.6 Å². The molecule has 3 aliphatic carbocycles. The van der Waals surface area contributed by atoms with E-state index in [0.717, 1.165) is 24.3 Å². The lowest BCUT2D eigenvalue weighted by Gasteiger charge is -2.28. The first-order chi connectivity index (χ1) is 8.63. The molecule has 18 heavy (non-hydrogen) atoms. The number of nitrogens with zero attached hydrogens (tertiary/aromatic N) is 1. The second kappa shape index (κ2) is 4.84. The van der Waals surface area contributed by atoms with Gasteiger partial charge in [0, 0.05) is 26.1 Å². The fraction of sp³-hybridized carbons (Fsp3) is 0.933. The van der Waals surface area contributed by atoms with Gasteiger partial charge in [0.1, 0.15) is 0 Å². The Morgan fingerprint density at radius 1 is 1.28 bits per heavy atom. The van der Waals surface area contributed by atoms with Gasteiger partial charge in [0.25, 0.3) is 0 Å². The number of amides is 1. The minimum atomic E-state index is 0.111. The molecule has 3 fully saturated rings. The third-order valence-electron chi connectivity index (χ3n) is 5.46. The fourth-order valence-corrected chi connectivity index (χ4v) is 4.10. The molecule has 0 aromatic heterocycles. The van der Waals surface area contributed by atoms with E-state index in [2.05, 4.69) is 0 Å². The van der Waals surface area contributed by atoms with Gasteiger partial charge < -0.3 is 10.6 Å². The first kappa shape index (κ1) is 12.5.